The van der Waals surface area contributed by atoms with Gasteiger partial charge < -0.3 is 5.11 Å². The Labute approximate surface area is 100 Å². The normalized spacial score (nSPS) is 26.9. The smallest absolute Gasteiger partial charge is 0.151 e. The third-order valence-corrected chi connectivity index (χ3v) is 3.03. The lowest BCUT2D eigenvalue weighted by Crippen LogP contribution is -2.45. The molecule has 1 atom stereocenters. The van der Waals surface area contributed by atoms with Crippen molar-refractivity contribution in [1.82, 2.24) is 15.1 Å². The average molecular weight is 242 g/mol. The van der Waals surface area contributed by atoms with Crippen molar-refractivity contribution in [3.8, 4) is 0 Å². The number of nitrogens with zero attached hydrogens (tertiary/aromatic N) is 3. The number of hydrogen-bond acceptors (Lipinski definition) is 4. The van der Waals surface area contributed by atoms with E-state index in [0.717, 1.165) is 31.6 Å². The number of likely N-dealkylation sites (tertiary alicyclic amines) is 1. The number of aliphatic hydroxyl groups is 1. The van der Waals surface area contributed by atoms with Gasteiger partial charge in [-0.25, -0.2) is 0 Å². The van der Waals surface area contributed by atoms with Gasteiger partial charge in [-0.15, -0.1) is 5.10 Å². The van der Waals surface area contributed by atoms with Gasteiger partial charge in [0.2, 0.25) is 0 Å². The molecule has 1 aliphatic rings. The van der Waals surface area contributed by atoms with Gasteiger partial charge in [0.15, 0.2) is 5.15 Å². The van der Waals surface area contributed by atoms with E-state index in [2.05, 4.69) is 15.1 Å². The van der Waals surface area contributed by atoms with Crippen LogP contribution < -0.4 is 0 Å². The first-order valence-electron chi connectivity index (χ1n) is 5.48. The van der Waals surface area contributed by atoms with Crippen molar-refractivity contribution < 1.29 is 5.11 Å². The summed E-state index contributed by atoms with van der Waals surface area (Å²) < 4.78 is 0. The first kappa shape index (κ1) is 11.8. The molecule has 0 bridgehead atoms. The lowest BCUT2D eigenvalue weighted by Gasteiger charge is -2.36. The van der Waals surface area contributed by atoms with Crippen LogP contribution in [0.15, 0.2) is 12.1 Å². The van der Waals surface area contributed by atoms with Gasteiger partial charge in [-0.2, -0.15) is 5.10 Å². The Morgan fingerprint density at radius 1 is 1.50 bits per heavy atom. The minimum absolute atomic E-state index is 0.411. The van der Waals surface area contributed by atoms with Crippen molar-refractivity contribution in [2.24, 2.45) is 0 Å². The zero-order valence-electron chi connectivity index (χ0n) is 9.36. The van der Waals surface area contributed by atoms with Gasteiger partial charge in [-0.05, 0) is 38.4 Å². The predicted molar refractivity (Wildman–Crippen MR) is 62.2 cm³/mol. The molecule has 1 aliphatic heterocycles. The molecule has 1 unspecified atom stereocenters. The highest BCUT2D eigenvalue weighted by atomic mass is 35.5. The van der Waals surface area contributed by atoms with E-state index in [-0.39, 0.29) is 0 Å². The van der Waals surface area contributed by atoms with Crippen LogP contribution >= 0.6 is 11.6 Å². The van der Waals surface area contributed by atoms with E-state index in [1.807, 2.05) is 13.0 Å². The SMILES string of the molecule is CC1(O)CCCN(Cc2ccc(Cl)nn2)C1. The standard InChI is InChI=1S/C11H16ClN3O/c1-11(16)5-2-6-15(8-11)7-9-3-4-10(12)14-13-9/h3-4,16H,2,5-8H2,1H3. The Bertz CT molecular complexity index is 353. The van der Waals surface area contributed by atoms with Gasteiger partial charge in [0, 0.05) is 13.1 Å². The number of aromatic nitrogens is 2. The molecule has 1 fully saturated rings. The summed E-state index contributed by atoms with van der Waals surface area (Å²) in [7, 11) is 0. The summed E-state index contributed by atoms with van der Waals surface area (Å²) in [4.78, 5) is 2.20. The molecule has 0 amide bonds. The summed E-state index contributed by atoms with van der Waals surface area (Å²) in [6.45, 7) is 4.30. The molecule has 1 aromatic rings. The highest BCUT2D eigenvalue weighted by Crippen LogP contribution is 2.21. The molecule has 0 spiro atoms. The van der Waals surface area contributed by atoms with Crippen molar-refractivity contribution in [2.45, 2.75) is 31.9 Å². The lowest BCUT2D eigenvalue weighted by molar-refractivity contribution is -0.0185. The van der Waals surface area contributed by atoms with Crippen molar-refractivity contribution in [3.63, 3.8) is 0 Å². The monoisotopic (exact) mass is 241 g/mol. The second kappa shape index (κ2) is 4.65. The maximum atomic E-state index is 9.97. The summed E-state index contributed by atoms with van der Waals surface area (Å²) in [5.74, 6) is 0. The Morgan fingerprint density at radius 3 is 2.94 bits per heavy atom. The molecule has 0 saturated carbocycles. The van der Waals surface area contributed by atoms with Crippen molar-refractivity contribution in [1.29, 1.82) is 0 Å². The molecule has 1 aromatic heterocycles. The highest BCUT2D eigenvalue weighted by molar-refractivity contribution is 6.29. The molecule has 0 aromatic carbocycles. The Kier molecular flexibility index (Phi) is 3.42. The molecule has 0 aliphatic carbocycles. The molecule has 0 radical (unpaired) electrons. The fourth-order valence-corrected chi connectivity index (χ4v) is 2.22. The number of hydrogen-bond donors (Lipinski definition) is 1. The van der Waals surface area contributed by atoms with E-state index in [9.17, 15) is 5.11 Å². The van der Waals surface area contributed by atoms with Crippen LogP contribution in [-0.2, 0) is 6.54 Å². The van der Waals surface area contributed by atoms with Crippen LogP contribution in [0.5, 0.6) is 0 Å². The van der Waals surface area contributed by atoms with Crippen LogP contribution in [0.3, 0.4) is 0 Å². The number of rotatable bonds is 2. The maximum Gasteiger partial charge on any atom is 0.151 e. The van der Waals surface area contributed by atoms with E-state index < -0.39 is 5.60 Å². The van der Waals surface area contributed by atoms with Crippen LogP contribution in [0.2, 0.25) is 5.15 Å². The maximum absolute atomic E-state index is 9.97. The van der Waals surface area contributed by atoms with Gasteiger partial charge in [0.25, 0.3) is 0 Å². The number of piperidine rings is 1. The van der Waals surface area contributed by atoms with Gasteiger partial charge >= 0.3 is 0 Å². The quantitative estimate of drug-likeness (QED) is 0.852. The van der Waals surface area contributed by atoms with Crippen LogP contribution in [-0.4, -0.2) is 38.9 Å². The zero-order valence-corrected chi connectivity index (χ0v) is 10.1. The van der Waals surface area contributed by atoms with Gasteiger partial charge in [-0.1, -0.05) is 11.6 Å². The van der Waals surface area contributed by atoms with E-state index in [0.29, 0.717) is 11.7 Å². The van der Waals surface area contributed by atoms with Crippen molar-refractivity contribution in [2.75, 3.05) is 13.1 Å². The summed E-state index contributed by atoms with van der Waals surface area (Å²) in [6.07, 6.45) is 1.89. The summed E-state index contributed by atoms with van der Waals surface area (Å²) in [6, 6.07) is 3.62. The fraction of sp³-hybridized carbons (Fsp3) is 0.636. The van der Waals surface area contributed by atoms with E-state index in [1.165, 1.54) is 0 Å². The highest BCUT2D eigenvalue weighted by Gasteiger charge is 2.28. The zero-order chi connectivity index (χ0) is 11.6. The first-order valence-corrected chi connectivity index (χ1v) is 5.86. The number of halogens is 1. The largest absolute Gasteiger partial charge is 0.389 e. The van der Waals surface area contributed by atoms with Crippen LogP contribution in [0, 0.1) is 0 Å². The first-order chi connectivity index (χ1) is 7.55. The molecule has 2 rings (SSSR count). The van der Waals surface area contributed by atoms with Gasteiger partial charge in [-0.3, -0.25) is 4.90 Å². The van der Waals surface area contributed by atoms with Gasteiger partial charge in [0.1, 0.15) is 0 Å². The summed E-state index contributed by atoms with van der Waals surface area (Å²) in [5.41, 5.74) is 0.320. The molecule has 1 saturated heterocycles. The third-order valence-electron chi connectivity index (χ3n) is 2.83. The topological polar surface area (TPSA) is 49.2 Å². The molecule has 5 heteroatoms. The summed E-state index contributed by atoms with van der Waals surface area (Å²) >= 11 is 5.67. The molecule has 4 nitrogen and oxygen atoms in total. The van der Waals surface area contributed by atoms with Crippen LogP contribution in [0.1, 0.15) is 25.5 Å². The minimum Gasteiger partial charge on any atom is -0.389 e. The van der Waals surface area contributed by atoms with E-state index in [4.69, 9.17) is 11.6 Å². The Hall–Kier alpha value is -0.710. The Balaban J connectivity index is 1.97. The fourth-order valence-electron chi connectivity index (χ4n) is 2.12. The van der Waals surface area contributed by atoms with Crippen molar-refractivity contribution >= 4 is 11.6 Å². The third kappa shape index (κ3) is 3.14. The molecule has 16 heavy (non-hydrogen) atoms. The predicted octanol–water partition coefficient (Wildman–Crippen LogP) is 1.48. The van der Waals surface area contributed by atoms with E-state index in [1.54, 1.807) is 6.07 Å². The Morgan fingerprint density at radius 2 is 2.31 bits per heavy atom. The van der Waals surface area contributed by atoms with Gasteiger partial charge in [0.05, 0.1) is 11.3 Å². The molecular weight excluding hydrogens is 226 g/mol. The molecule has 88 valence electrons. The second-order valence-electron chi connectivity index (χ2n) is 4.66. The van der Waals surface area contributed by atoms with Crippen LogP contribution in [0.4, 0.5) is 0 Å². The van der Waals surface area contributed by atoms with Crippen molar-refractivity contribution in [3.05, 3.63) is 23.0 Å². The minimum atomic E-state index is -0.571. The van der Waals surface area contributed by atoms with E-state index >= 15 is 0 Å². The molecule has 1 N–H and O–H groups in total. The molecular formula is C11H16ClN3O. The second-order valence-corrected chi connectivity index (χ2v) is 5.05. The van der Waals surface area contributed by atoms with Crippen LogP contribution in [0.25, 0.3) is 0 Å². The lowest BCUT2D eigenvalue weighted by atomic mass is 9.95. The number of β-amino-alcohol motifs (C(OH)–C–C–N with tert-alkyl or cyclic N) is 1. The average Bonchev–Trinajstić information content (AvgIpc) is 2.20. The molecule has 2 heterocycles. The summed E-state index contributed by atoms with van der Waals surface area (Å²) in [5, 5.41) is 18.2.